The number of piperidine rings is 1. The molecule has 2 heterocycles. The van der Waals surface area contributed by atoms with Crippen molar-refractivity contribution in [1.82, 2.24) is 10.2 Å². The summed E-state index contributed by atoms with van der Waals surface area (Å²) in [4.78, 5) is 2.80. The van der Waals surface area contributed by atoms with Gasteiger partial charge in [-0.3, -0.25) is 4.90 Å². The Kier molecular flexibility index (Phi) is 3.46. The first-order valence-corrected chi connectivity index (χ1v) is 6.99. The highest BCUT2D eigenvalue weighted by atomic mass is 16.5. The average Bonchev–Trinajstić information content (AvgIpc) is 2.70. The van der Waals surface area contributed by atoms with Gasteiger partial charge in [-0.05, 0) is 44.7 Å². The van der Waals surface area contributed by atoms with Gasteiger partial charge in [0.25, 0.3) is 0 Å². The van der Waals surface area contributed by atoms with Crippen molar-refractivity contribution in [1.29, 1.82) is 0 Å². The zero-order valence-electron chi connectivity index (χ0n) is 10.2. The van der Waals surface area contributed by atoms with Crippen LogP contribution in [-0.4, -0.2) is 49.8 Å². The zero-order chi connectivity index (χ0) is 10.8. The first-order chi connectivity index (χ1) is 7.95. The van der Waals surface area contributed by atoms with Crippen molar-refractivity contribution in [3.63, 3.8) is 0 Å². The highest BCUT2D eigenvalue weighted by molar-refractivity contribution is 4.91. The van der Waals surface area contributed by atoms with Crippen molar-refractivity contribution in [2.45, 2.75) is 44.2 Å². The van der Waals surface area contributed by atoms with E-state index in [1.54, 1.807) is 0 Å². The van der Waals surface area contributed by atoms with Crippen molar-refractivity contribution >= 4 is 0 Å². The van der Waals surface area contributed by atoms with E-state index in [-0.39, 0.29) is 0 Å². The maximum absolute atomic E-state index is 5.77. The van der Waals surface area contributed by atoms with Crippen LogP contribution in [0.5, 0.6) is 0 Å². The second-order valence-electron chi connectivity index (χ2n) is 5.55. The molecule has 0 aromatic heterocycles. The van der Waals surface area contributed by atoms with Crippen LogP contribution < -0.4 is 5.32 Å². The van der Waals surface area contributed by atoms with Crippen molar-refractivity contribution < 1.29 is 4.74 Å². The highest BCUT2D eigenvalue weighted by Crippen LogP contribution is 2.34. The van der Waals surface area contributed by atoms with E-state index < -0.39 is 0 Å². The molecule has 1 N–H and O–H groups in total. The summed E-state index contributed by atoms with van der Waals surface area (Å²) in [5.74, 6) is 0.831. The van der Waals surface area contributed by atoms with E-state index in [9.17, 15) is 0 Å². The molecule has 0 radical (unpaired) electrons. The Balaban J connectivity index is 1.70. The lowest BCUT2D eigenvalue weighted by atomic mass is 9.97. The van der Waals surface area contributed by atoms with E-state index in [0.717, 1.165) is 31.2 Å². The quantitative estimate of drug-likeness (QED) is 0.725. The summed E-state index contributed by atoms with van der Waals surface area (Å²) in [6.45, 7) is 5.56. The fourth-order valence-corrected chi connectivity index (χ4v) is 3.81. The van der Waals surface area contributed by atoms with Gasteiger partial charge in [-0.15, -0.1) is 0 Å². The topological polar surface area (TPSA) is 24.5 Å². The third kappa shape index (κ3) is 2.13. The van der Waals surface area contributed by atoms with Crippen LogP contribution in [0.2, 0.25) is 0 Å². The SMILES string of the molecule is C1C[C@@H]2COCCN(C3CCNCC3)[C@@H]2C1. The molecule has 3 rings (SSSR count). The zero-order valence-corrected chi connectivity index (χ0v) is 10.2. The molecule has 1 saturated carbocycles. The summed E-state index contributed by atoms with van der Waals surface area (Å²) in [5.41, 5.74) is 0. The van der Waals surface area contributed by atoms with E-state index in [1.165, 1.54) is 51.7 Å². The maximum atomic E-state index is 5.77. The number of ether oxygens (including phenoxy) is 1. The lowest BCUT2D eigenvalue weighted by Gasteiger charge is -2.39. The summed E-state index contributed by atoms with van der Waals surface area (Å²) < 4.78 is 5.77. The molecular weight excluding hydrogens is 200 g/mol. The second kappa shape index (κ2) is 5.03. The molecule has 3 nitrogen and oxygen atoms in total. The molecule has 0 unspecified atom stereocenters. The first kappa shape index (κ1) is 11.0. The minimum Gasteiger partial charge on any atom is -0.380 e. The van der Waals surface area contributed by atoms with Gasteiger partial charge >= 0.3 is 0 Å². The Morgan fingerprint density at radius 1 is 1.06 bits per heavy atom. The van der Waals surface area contributed by atoms with Crippen molar-refractivity contribution in [2.75, 3.05) is 32.8 Å². The predicted molar refractivity (Wildman–Crippen MR) is 64.5 cm³/mol. The lowest BCUT2D eigenvalue weighted by molar-refractivity contribution is 0.0990. The highest BCUT2D eigenvalue weighted by Gasteiger charge is 2.37. The summed E-state index contributed by atoms with van der Waals surface area (Å²) in [5, 5.41) is 3.47. The van der Waals surface area contributed by atoms with Crippen LogP contribution in [-0.2, 0) is 4.74 Å². The molecule has 2 aliphatic heterocycles. The van der Waals surface area contributed by atoms with Gasteiger partial charge in [0.15, 0.2) is 0 Å². The second-order valence-corrected chi connectivity index (χ2v) is 5.55. The van der Waals surface area contributed by atoms with Crippen LogP contribution in [0.15, 0.2) is 0 Å². The molecule has 2 saturated heterocycles. The van der Waals surface area contributed by atoms with Gasteiger partial charge < -0.3 is 10.1 Å². The fourth-order valence-electron chi connectivity index (χ4n) is 3.81. The van der Waals surface area contributed by atoms with Crippen molar-refractivity contribution in [2.24, 2.45) is 5.92 Å². The Morgan fingerprint density at radius 2 is 1.94 bits per heavy atom. The number of nitrogens with zero attached hydrogens (tertiary/aromatic N) is 1. The van der Waals surface area contributed by atoms with E-state index >= 15 is 0 Å². The van der Waals surface area contributed by atoms with Crippen molar-refractivity contribution in [3.05, 3.63) is 0 Å². The minimum atomic E-state index is 0.827. The standard InChI is InChI=1S/C13H24N2O/c1-2-11-10-16-9-8-15(13(11)3-1)12-4-6-14-7-5-12/h11-14H,1-10H2/t11-,13-/m1/s1. The van der Waals surface area contributed by atoms with Crippen LogP contribution in [0, 0.1) is 5.92 Å². The Labute approximate surface area is 98.5 Å². The van der Waals surface area contributed by atoms with Gasteiger partial charge in [-0.1, -0.05) is 6.42 Å². The summed E-state index contributed by atoms with van der Waals surface area (Å²) in [6.07, 6.45) is 6.90. The largest absolute Gasteiger partial charge is 0.380 e. The molecule has 16 heavy (non-hydrogen) atoms. The average molecular weight is 224 g/mol. The molecule has 3 fully saturated rings. The van der Waals surface area contributed by atoms with E-state index in [0.29, 0.717) is 0 Å². The fraction of sp³-hybridized carbons (Fsp3) is 1.00. The number of hydrogen-bond donors (Lipinski definition) is 1. The molecule has 3 heteroatoms. The first-order valence-electron chi connectivity index (χ1n) is 6.99. The number of hydrogen-bond acceptors (Lipinski definition) is 3. The lowest BCUT2D eigenvalue weighted by Crippen LogP contribution is -2.49. The predicted octanol–water partition coefficient (Wildman–Crippen LogP) is 1.24. The third-order valence-electron chi connectivity index (χ3n) is 4.65. The Morgan fingerprint density at radius 3 is 2.81 bits per heavy atom. The smallest absolute Gasteiger partial charge is 0.0593 e. The van der Waals surface area contributed by atoms with Crippen LogP contribution in [0.3, 0.4) is 0 Å². The van der Waals surface area contributed by atoms with Gasteiger partial charge in [0, 0.05) is 18.6 Å². The summed E-state index contributed by atoms with van der Waals surface area (Å²) >= 11 is 0. The van der Waals surface area contributed by atoms with Crippen LogP contribution >= 0.6 is 0 Å². The number of nitrogens with one attached hydrogen (secondary N) is 1. The molecule has 2 atom stereocenters. The summed E-state index contributed by atoms with van der Waals surface area (Å²) in [6, 6.07) is 1.67. The van der Waals surface area contributed by atoms with E-state index in [2.05, 4.69) is 10.2 Å². The molecule has 0 aromatic carbocycles. The van der Waals surface area contributed by atoms with E-state index in [4.69, 9.17) is 4.74 Å². The summed E-state index contributed by atoms with van der Waals surface area (Å²) in [7, 11) is 0. The molecular formula is C13H24N2O. The van der Waals surface area contributed by atoms with Crippen LogP contribution in [0.4, 0.5) is 0 Å². The van der Waals surface area contributed by atoms with E-state index in [1.807, 2.05) is 0 Å². The monoisotopic (exact) mass is 224 g/mol. The van der Waals surface area contributed by atoms with Gasteiger partial charge in [0.05, 0.1) is 13.2 Å². The molecule has 0 spiro atoms. The molecule has 0 aromatic rings. The normalized spacial score (nSPS) is 38.2. The Bertz CT molecular complexity index is 228. The number of rotatable bonds is 1. The Hall–Kier alpha value is -0.120. The molecule has 3 aliphatic rings. The van der Waals surface area contributed by atoms with Gasteiger partial charge in [0.2, 0.25) is 0 Å². The molecule has 0 amide bonds. The number of fused-ring (bicyclic) bond motifs is 1. The molecule has 92 valence electrons. The minimum absolute atomic E-state index is 0.827. The molecule has 1 aliphatic carbocycles. The van der Waals surface area contributed by atoms with Gasteiger partial charge in [0.1, 0.15) is 0 Å². The van der Waals surface area contributed by atoms with Gasteiger partial charge in [-0.2, -0.15) is 0 Å². The maximum Gasteiger partial charge on any atom is 0.0593 e. The van der Waals surface area contributed by atoms with Gasteiger partial charge in [-0.25, -0.2) is 0 Å². The van der Waals surface area contributed by atoms with Crippen molar-refractivity contribution in [3.8, 4) is 0 Å². The van der Waals surface area contributed by atoms with Crippen LogP contribution in [0.25, 0.3) is 0 Å². The third-order valence-corrected chi connectivity index (χ3v) is 4.65. The van der Waals surface area contributed by atoms with Crippen LogP contribution in [0.1, 0.15) is 32.1 Å². The molecule has 0 bridgehead atoms.